The molecule has 1 fully saturated rings. The molecule has 0 radical (unpaired) electrons. The van der Waals surface area contributed by atoms with E-state index in [9.17, 15) is 14.7 Å². The standard InChI is InChI=1S/C12H21NO3/c1-5-13-9(14)8-6-7-12(4,10(15)16)11(8,2)3/h8H,5-7H2,1-4H3,(H,13,14)(H,15,16)/t8-,12+/m0/s1. The summed E-state index contributed by atoms with van der Waals surface area (Å²) in [6.45, 7) is 7.97. The number of carboxylic acid groups (broad SMARTS) is 1. The minimum absolute atomic E-state index is 0.0162. The van der Waals surface area contributed by atoms with Crippen molar-refractivity contribution in [2.75, 3.05) is 6.54 Å². The van der Waals surface area contributed by atoms with Crippen LogP contribution in [0.2, 0.25) is 0 Å². The van der Waals surface area contributed by atoms with Crippen molar-refractivity contribution in [3.8, 4) is 0 Å². The molecule has 0 heterocycles. The fraction of sp³-hybridized carbons (Fsp3) is 0.833. The van der Waals surface area contributed by atoms with Crippen LogP contribution in [0.5, 0.6) is 0 Å². The van der Waals surface area contributed by atoms with Gasteiger partial charge in [-0.1, -0.05) is 13.8 Å². The van der Waals surface area contributed by atoms with Gasteiger partial charge in [-0.05, 0) is 32.1 Å². The van der Waals surface area contributed by atoms with Gasteiger partial charge in [-0.25, -0.2) is 0 Å². The number of hydrogen-bond donors (Lipinski definition) is 2. The van der Waals surface area contributed by atoms with Crippen molar-refractivity contribution in [3.05, 3.63) is 0 Å². The summed E-state index contributed by atoms with van der Waals surface area (Å²) < 4.78 is 0. The molecule has 1 saturated carbocycles. The Labute approximate surface area is 96.4 Å². The summed E-state index contributed by atoms with van der Waals surface area (Å²) in [4.78, 5) is 23.2. The molecule has 1 amide bonds. The largest absolute Gasteiger partial charge is 0.481 e. The van der Waals surface area contributed by atoms with Crippen LogP contribution in [0.1, 0.15) is 40.5 Å². The Morgan fingerprint density at radius 3 is 2.31 bits per heavy atom. The molecule has 1 aliphatic rings. The quantitative estimate of drug-likeness (QED) is 0.770. The van der Waals surface area contributed by atoms with Crippen molar-refractivity contribution < 1.29 is 14.7 Å². The van der Waals surface area contributed by atoms with Gasteiger partial charge in [-0.2, -0.15) is 0 Å². The summed E-state index contributed by atoms with van der Waals surface area (Å²) >= 11 is 0. The smallest absolute Gasteiger partial charge is 0.309 e. The maximum Gasteiger partial charge on any atom is 0.309 e. The first-order chi connectivity index (χ1) is 7.27. The second kappa shape index (κ2) is 4.07. The Balaban J connectivity index is 2.96. The number of carboxylic acids is 1. The van der Waals surface area contributed by atoms with Crippen molar-refractivity contribution >= 4 is 11.9 Å². The van der Waals surface area contributed by atoms with Crippen LogP contribution in [-0.2, 0) is 9.59 Å². The Morgan fingerprint density at radius 2 is 1.94 bits per heavy atom. The molecule has 4 heteroatoms. The lowest BCUT2D eigenvalue weighted by molar-refractivity contribution is -0.155. The van der Waals surface area contributed by atoms with E-state index in [0.29, 0.717) is 19.4 Å². The Kier molecular flexibility index (Phi) is 3.31. The molecular formula is C12H21NO3. The lowest BCUT2D eigenvalue weighted by Crippen LogP contribution is -2.45. The van der Waals surface area contributed by atoms with Crippen molar-refractivity contribution in [3.63, 3.8) is 0 Å². The number of hydrogen-bond acceptors (Lipinski definition) is 2. The summed E-state index contributed by atoms with van der Waals surface area (Å²) in [5.41, 5.74) is -1.30. The summed E-state index contributed by atoms with van der Waals surface area (Å²) in [5, 5.41) is 12.1. The van der Waals surface area contributed by atoms with E-state index in [2.05, 4.69) is 5.32 Å². The van der Waals surface area contributed by atoms with Crippen LogP contribution < -0.4 is 5.32 Å². The molecule has 16 heavy (non-hydrogen) atoms. The van der Waals surface area contributed by atoms with E-state index in [1.54, 1.807) is 6.92 Å². The molecule has 2 atom stereocenters. The second-order valence-corrected chi connectivity index (χ2v) is 5.34. The highest BCUT2D eigenvalue weighted by molar-refractivity contribution is 5.83. The zero-order valence-electron chi connectivity index (χ0n) is 10.5. The van der Waals surface area contributed by atoms with E-state index < -0.39 is 16.8 Å². The van der Waals surface area contributed by atoms with Gasteiger partial charge in [-0.3, -0.25) is 9.59 Å². The molecule has 2 N–H and O–H groups in total. The maximum atomic E-state index is 11.9. The molecule has 4 nitrogen and oxygen atoms in total. The monoisotopic (exact) mass is 227 g/mol. The van der Waals surface area contributed by atoms with E-state index >= 15 is 0 Å². The van der Waals surface area contributed by atoms with Crippen LogP contribution in [0, 0.1) is 16.7 Å². The van der Waals surface area contributed by atoms with Gasteiger partial charge in [0.05, 0.1) is 5.41 Å². The van der Waals surface area contributed by atoms with Crippen LogP contribution >= 0.6 is 0 Å². The van der Waals surface area contributed by atoms with E-state index in [0.717, 1.165) is 0 Å². The minimum Gasteiger partial charge on any atom is -0.481 e. The van der Waals surface area contributed by atoms with E-state index in [-0.39, 0.29) is 11.8 Å². The molecule has 0 aromatic heterocycles. The lowest BCUT2D eigenvalue weighted by atomic mass is 9.65. The molecule has 0 aromatic carbocycles. The minimum atomic E-state index is -0.803. The van der Waals surface area contributed by atoms with Crippen molar-refractivity contribution in [1.29, 1.82) is 0 Å². The number of rotatable bonds is 3. The predicted molar refractivity (Wildman–Crippen MR) is 60.9 cm³/mol. The average molecular weight is 227 g/mol. The molecule has 0 saturated heterocycles. The van der Waals surface area contributed by atoms with Crippen molar-refractivity contribution in [2.24, 2.45) is 16.7 Å². The van der Waals surface area contributed by atoms with Gasteiger partial charge in [0.15, 0.2) is 0 Å². The zero-order valence-corrected chi connectivity index (χ0v) is 10.5. The van der Waals surface area contributed by atoms with Crippen LogP contribution in [0.25, 0.3) is 0 Å². The summed E-state index contributed by atoms with van der Waals surface area (Å²) in [6, 6.07) is 0. The first kappa shape index (κ1) is 13.0. The number of amides is 1. The number of nitrogens with one attached hydrogen (secondary N) is 1. The molecule has 0 spiro atoms. The Bertz CT molecular complexity index is 311. The van der Waals surface area contributed by atoms with Gasteiger partial charge in [0, 0.05) is 12.5 Å². The van der Waals surface area contributed by atoms with Crippen molar-refractivity contribution in [1.82, 2.24) is 5.32 Å². The van der Waals surface area contributed by atoms with Crippen LogP contribution in [0.3, 0.4) is 0 Å². The fourth-order valence-corrected chi connectivity index (χ4v) is 2.64. The van der Waals surface area contributed by atoms with Gasteiger partial charge in [0.1, 0.15) is 0 Å². The normalized spacial score (nSPS) is 32.4. The third-order valence-electron chi connectivity index (χ3n) is 4.37. The molecular weight excluding hydrogens is 206 g/mol. The fourth-order valence-electron chi connectivity index (χ4n) is 2.64. The van der Waals surface area contributed by atoms with Gasteiger partial charge < -0.3 is 10.4 Å². The van der Waals surface area contributed by atoms with Crippen molar-refractivity contribution in [2.45, 2.75) is 40.5 Å². The average Bonchev–Trinajstić information content (AvgIpc) is 2.40. The van der Waals surface area contributed by atoms with Gasteiger partial charge in [-0.15, -0.1) is 0 Å². The van der Waals surface area contributed by atoms with E-state index in [1.807, 2.05) is 20.8 Å². The zero-order chi connectivity index (χ0) is 12.6. The molecule has 92 valence electrons. The van der Waals surface area contributed by atoms with E-state index in [4.69, 9.17) is 0 Å². The van der Waals surface area contributed by atoms with Gasteiger partial charge in [0.25, 0.3) is 0 Å². The summed E-state index contributed by atoms with van der Waals surface area (Å²) in [7, 11) is 0. The lowest BCUT2D eigenvalue weighted by Gasteiger charge is -2.37. The third-order valence-corrected chi connectivity index (χ3v) is 4.37. The van der Waals surface area contributed by atoms with Crippen LogP contribution in [0.15, 0.2) is 0 Å². The van der Waals surface area contributed by atoms with Gasteiger partial charge >= 0.3 is 5.97 Å². The highest BCUT2D eigenvalue weighted by Gasteiger charge is 2.58. The van der Waals surface area contributed by atoms with Crippen LogP contribution in [0.4, 0.5) is 0 Å². The number of carbonyl (C=O) groups is 2. The molecule has 0 bridgehead atoms. The molecule has 1 aliphatic carbocycles. The molecule has 0 aromatic rings. The second-order valence-electron chi connectivity index (χ2n) is 5.34. The summed E-state index contributed by atoms with van der Waals surface area (Å²) in [5.74, 6) is -1.02. The Morgan fingerprint density at radius 1 is 1.38 bits per heavy atom. The van der Waals surface area contributed by atoms with Gasteiger partial charge in [0.2, 0.25) is 5.91 Å². The third kappa shape index (κ3) is 1.70. The van der Waals surface area contributed by atoms with Crippen LogP contribution in [-0.4, -0.2) is 23.5 Å². The molecule has 0 aliphatic heterocycles. The SMILES string of the molecule is CCNC(=O)[C@@H]1CC[C@](C)(C(=O)O)C1(C)C. The molecule has 0 unspecified atom stereocenters. The maximum absolute atomic E-state index is 11.9. The Hall–Kier alpha value is -1.06. The topological polar surface area (TPSA) is 66.4 Å². The first-order valence-corrected chi connectivity index (χ1v) is 5.78. The first-order valence-electron chi connectivity index (χ1n) is 5.78. The summed E-state index contributed by atoms with van der Waals surface area (Å²) in [6.07, 6.45) is 1.22. The number of carbonyl (C=O) groups excluding carboxylic acids is 1. The highest BCUT2D eigenvalue weighted by atomic mass is 16.4. The molecule has 1 rings (SSSR count). The number of aliphatic carboxylic acids is 1. The highest BCUT2D eigenvalue weighted by Crippen LogP contribution is 2.56. The van der Waals surface area contributed by atoms with E-state index in [1.165, 1.54) is 0 Å². The predicted octanol–water partition coefficient (Wildman–Crippen LogP) is 1.65.